The summed E-state index contributed by atoms with van der Waals surface area (Å²) in [6.45, 7) is 18.0. The fourth-order valence-corrected chi connectivity index (χ4v) is 10.6. The number of likely N-dealkylation sites (tertiary alicyclic amines) is 1. The number of anilines is 1. The second-order valence-electron chi connectivity index (χ2n) is 22.7. The number of nitrogens with one attached hydrogen (secondary N) is 6. The Kier molecular flexibility index (Phi) is 28.6. The van der Waals surface area contributed by atoms with Crippen molar-refractivity contribution in [2.75, 3.05) is 60.3 Å². The summed E-state index contributed by atoms with van der Waals surface area (Å²) in [6, 6.07) is 10.8. The maximum Gasteiger partial charge on any atom is 0.312 e. The van der Waals surface area contributed by atoms with Gasteiger partial charge in [0.2, 0.25) is 41.4 Å². The fraction of sp³-hybridized carbons (Fsp3) is 0.661. The average molecular weight is 1120 g/mol. The van der Waals surface area contributed by atoms with E-state index in [4.69, 9.17) is 20.9 Å². The van der Waals surface area contributed by atoms with Crippen molar-refractivity contribution in [3.05, 3.63) is 65.7 Å². The van der Waals surface area contributed by atoms with Gasteiger partial charge in [-0.15, -0.1) is 0 Å². The summed E-state index contributed by atoms with van der Waals surface area (Å²) in [5, 5.41) is 17.1. The van der Waals surface area contributed by atoms with Gasteiger partial charge in [0.15, 0.2) is 0 Å². The van der Waals surface area contributed by atoms with Gasteiger partial charge in [0, 0.05) is 53.0 Å². The number of methoxy groups -OCH3 is 2. The summed E-state index contributed by atoms with van der Waals surface area (Å²) in [5.41, 5.74) is 13.4. The maximum absolute atomic E-state index is 14.5. The molecule has 9 amide bonds. The molecule has 21 nitrogen and oxygen atoms in total. The summed E-state index contributed by atoms with van der Waals surface area (Å²) >= 11 is 0. The lowest BCUT2D eigenvalue weighted by Crippen LogP contribution is -2.59. The van der Waals surface area contributed by atoms with E-state index in [1.54, 1.807) is 56.9 Å². The van der Waals surface area contributed by atoms with Crippen LogP contribution in [0.1, 0.15) is 112 Å². The zero-order chi connectivity index (χ0) is 60.0. The number of nitrogens with zero attached hydrogens (tertiary/aromatic N) is 3. The predicted molar refractivity (Wildman–Crippen MR) is 311 cm³/mol. The van der Waals surface area contributed by atoms with Gasteiger partial charge in [-0.05, 0) is 93.1 Å². The fourth-order valence-electron chi connectivity index (χ4n) is 10.6. The number of carbonyl (C=O) groups excluding carboxylic acids is 8. The molecule has 0 bridgehead atoms. The number of nitrogens with two attached hydrogens (primary N) is 2. The third-order valence-electron chi connectivity index (χ3n) is 15.4. The third kappa shape index (κ3) is 20.4. The Balaban J connectivity index is 1.73. The summed E-state index contributed by atoms with van der Waals surface area (Å²) in [7, 11) is 8.46. The first-order chi connectivity index (χ1) is 37.8. The summed E-state index contributed by atoms with van der Waals surface area (Å²) in [4.78, 5) is 114. The van der Waals surface area contributed by atoms with Crippen molar-refractivity contribution in [2.24, 2.45) is 41.1 Å². The Bertz CT molecular complexity index is 2290. The molecule has 2 aromatic carbocycles. The third-order valence-corrected chi connectivity index (χ3v) is 15.4. The number of urea groups is 1. The molecule has 0 spiro atoms. The SMILES string of the molecule is CC[C@H](C)[C@@H]([C@@H](CC(=O)N1CCC[C@H]1[C@H](OC)[C@@H](C)C(=O)N[C@H](Cc1ccccc1)C(=O)NCCc1ccc(NC(=O)[C@@H](CCCNC(N)=O)NC(=O)[C@@H](N)C(C)C)cc1)OC)N(C)C(=O)[C@H](NC(=O)[C@H](C(C)C)N(C)C)C(C)C. The molecule has 448 valence electrons. The molecule has 3 rings (SSSR count). The number of benzene rings is 2. The number of hydrogen-bond donors (Lipinski definition) is 8. The van der Waals surface area contributed by atoms with Crippen LogP contribution in [0.15, 0.2) is 54.6 Å². The van der Waals surface area contributed by atoms with Crippen molar-refractivity contribution in [1.82, 2.24) is 41.3 Å². The molecule has 0 aliphatic carbocycles. The van der Waals surface area contributed by atoms with Gasteiger partial charge >= 0.3 is 6.03 Å². The van der Waals surface area contributed by atoms with E-state index in [2.05, 4.69) is 31.9 Å². The first kappa shape index (κ1) is 68.1. The van der Waals surface area contributed by atoms with E-state index < -0.39 is 84.2 Å². The highest BCUT2D eigenvalue weighted by Crippen LogP contribution is 2.30. The van der Waals surface area contributed by atoms with Crippen molar-refractivity contribution < 1.29 is 47.8 Å². The highest BCUT2D eigenvalue weighted by Gasteiger charge is 2.44. The number of carbonyl (C=O) groups is 8. The molecule has 1 aliphatic rings. The van der Waals surface area contributed by atoms with E-state index in [1.165, 1.54) is 7.11 Å². The molecule has 1 heterocycles. The van der Waals surface area contributed by atoms with E-state index in [-0.39, 0.29) is 79.7 Å². The minimum absolute atomic E-state index is 0.00958. The van der Waals surface area contributed by atoms with Gasteiger partial charge in [-0.2, -0.15) is 0 Å². The van der Waals surface area contributed by atoms with Gasteiger partial charge in [-0.1, -0.05) is 111 Å². The molecule has 1 fully saturated rings. The Labute approximate surface area is 475 Å². The van der Waals surface area contributed by atoms with Crippen molar-refractivity contribution >= 4 is 53.1 Å². The summed E-state index contributed by atoms with van der Waals surface area (Å²) < 4.78 is 12.2. The molecule has 2 aromatic rings. The molecule has 0 saturated carbocycles. The Morgan fingerprint density at radius 2 is 1.35 bits per heavy atom. The van der Waals surface area contributed by atoms with Crippen LogP contribution in [-0.4, -0.2) is 172 Å². The van der Waals surface area contributed by atoms with Crippen LogP contribution < -0.4 is 43.4 Å². The lowest BCUT2D eigenvalue weighted by molar-refractivity contribution is -0.148. The maximum atomic E-state index is 14.5. The monoisotopic (exact) mass is 1120 g/mol. The Morgan fingerprint density at radius 1 is 0.713 bits per heavy atom. The standard InChI is InChI=1S/C59H97N11O10/c1-15-38(8)51(69(12)58(77)49(36(4)5)67-57(76)50(37(6)7)68(10)11)46(79-13)34-47(71)70-32-20-24-45(70)52(80-14)39(9)53(72)66-44(33-41-21-17-16-18-22-41)54(73)62-31-29-40-25-27-42(28-26-40)64-55(74)43(23-19-30-63-59(61)78)65-56(75)48(60)35(2)3/h16-18,21-22,25-28,35-39,43-46,48-52H,15,19-20,23-24,29-34,60H2,1-14H3,(H,62,73)(H,64,74)(H,65,75)(H,66,72)(H,67,76)(H3,61,63,78)/t38-,39+,43+,44+,45-,46+,48-,49+,50-,51-,52+/m0/s1. The second kappa shape index (κ2) is 33.6. The van der Waals surface area contributed by atoms with Crippen molar-refractivity contribution in [3.8, 4) is 0 Å². The van der Waals surface area contributed by atoms with Crippen LogP contribution in [0.25, 0.3) is 0 Å². The summed E-state index contributed by atoms with van der Waals surface area (Å²) in [6.07, 6.45) is 1.73. The second-order valence-corrected chi connectivity index (χ2v) is 22.7. The topological polar surface area (TPSA) is 289 Å². The molecule has 21 heteroatoms. The van der Waals surface area contributed by atoms with Crippen LogP contribution in [0.5, 0.6) is 0 Å². The van der Waals surface area contributed by atoms with Crippen LogP contribution in [0.4, 0.5) is 10.5 Å². The van der Waals surface area contributed by atoms with E-state index in [9.17, 15) is 38.4 Å². The van der Waals surface area contributed by atoms with Crippen LogP contribution in [0.3, 0.4) is 0 Å². The van der Waals surface area contributed by atoms with Crippen molar-refractivity contribution in [3.63, 3.8) is 0 Å². The molecular weight excluding hydrogens is 1020 g/mol. The highest BCUT2D eigenvalue weighted by atomic mass is 16.5. The highest BCUT2D eigenvalue weighted by molar-refractivity contribution is 5.98. The van der Waals surface area contributed by atoms with Crippen LogP contribution in [0, 0.1) is 29.6 Å². The lowest BCUT2D eigenvalue weighted by atomic mass is 9.89. The van der Waals surface area contributed by atoms with E-state index >= 15 is 0 Å². The van der Waals surface area contributed by atoms with Gasteiger partial charge in [0.1, 0.15) is 18.1 Å². The molecule has 0 radical (unpaired) electrons. The number of hydrogen-bond acceptors (Lipinski definition) is 12. The number of primary amides is 1. The summed E-state index contributed by atoms with van der Waals surface area (Å²) in [5.74, 6) is -3.66. The molecule has 11 atom stereocenters. The largest absolute Gasteiger partial charge is 0.379 e. The first-order valence-electron chi connectivity index (χ1n) is 28.5. The predicted octanol–water partition coefficient (Wildman–Crippen LogP) is 3.58. The number of amides is 9. The average Bonchev–Trinajstić information content (AvgIpc) is 3.90. The lowest BCUT2D eigenvalue weighted by Gasteiger charge is -2.41. The normalized spacial score (nSPS) is 17.3. The van der Waals surface area contributed by atoms with Crippen LogP contribution in [-0.2, 0) is 55.9 Å². The van der Waals surface area contributed by atoms with Crippen molar-refractivity contribution in [2.45, 2.75) is 168 Å². The van der Waals surface area contributed by atoms with E-state index in [1.807, 2.05) is 103 Å². The molecule has 10 N–H and O–H groups in total. The first-order valence-corrected chi connectivity index (χ1v) is 28.5. The van der Waals surface area contributed by atoms with Crippen molar-refractivity contribution in [1.29, 1.82) is 0 Å². The Hall–Kier alpha value is -6.16. The van der Waals surface area contributed by atoms with Gasteiger partial charge in [0.05, 0.1) is 48.7 Å². The van der Waals surface area contributed by atoms with Gasteiger partial charge < -0.3 is 62.6 Å². The molecule has 0 unspecified atom stereocenters. The smallest absolute Gasteiger partial charge is 0.312 e. The van der Waals surface area contributed by atoms with Gasteiger partial charge in [-0.25, -0.2) is 4.79 Å². The number of ether oxygens (including phenoxy) is 2. The quantitative estimate of drug-likeness (QED) is 0.0477. The molecule has 0 aromatic heterocycles. The van der Waals surface area contributed by atoms with Crippen LogP contribution >= 0.6 is 0 Å². The van der Waals surface area contributed by atoms with Crippen LogP contribution in [0.2, 0.25) is 0 Å². The molecule has 1 aliphatic heterocycles. The van der Waals surface area contributed by atoms with E-state index in [0.29, 0.717) is 44.3 Å². The zero-order valence-electron chi connectivity index (χ0n) is 50.1. The Morgan fingerprint density at radius 3 is 1.90 bits per heavy atom. The molecule has 80 heavy (non-hydrogen) atoms. The minimum atomic E-state index is -0.952. The minimum Gasteiger partial charge on any atom is -0.379 e. The number of likely N-dealkylation sites (N-methyl/N-ethyl adjacent to an activating group) is 2. The number of rotatable bonds is 33. The molecule has 1 saturated heterocycles. The van der Waals surface area contributed by atoms with Gasteiger partial charge in [-0.3, -0.25) is 38.5 Å². The molecular formula is C59H97N11O10. The zero-order valence-corrected chi connectivity index (χ0v) is 50.1. The van der Waals surface area contributed by atoms with Gasteiger partial charge in [0.25, 0.3) is 0 Å². The van der Waals surface area contributed by atoms with E-state index in [0.717, 1.165) is 11.1 Å².